The zero-order valence-electron chi connectivity index (χ0n) is 11.7. The standard InChI is InChI=1S/C13H19F3N2O2S/c1-10-4-5-11(9-17)8-12(10)21(19,20)18-7-3-2-6-13(14,15)16/h4-5,8,18H,2-3,6-7,9,17H2,1H3. The maximum Gasteiger partial charge on any atom is 0.389 e. The lowest BCUT2D eigenvalue weighted by atomic mass is 10.1. The molecule has 0 amide bonds. The number of unbranched alkanes of at least 4 members (excludes halogenated alkanes) is 1. The molecule has 1 aromatic carbocycles. The molecule has 0 spiro atoms. The molecule has 8 heteroatoms. The summed E-state index contributed by atoms with van der Waals surface area (Å²) < 4.78 is 62.4. The molecule has 21 heavy (non-hydrogen) atoms. The summed E-state index contributed by atoms with van der Waals surface area (Å²) in [7, 11) is -3.73. The number of halogens is 3. The molecule has 0 heterocycles. The van der Waals surface area contributed by atoms with Gasteiger partial charge in [-0.15, -0.1) is 0 Å². The molecule has 0 bridgehead atoms. The Balaban J connectivity index is 2.62. The highest BCUT2D eigenvalue weighted by Crippen LogP contribution is 2.22. The van der Waals surface area contributed by atoms with Gasteiger partial charge in [0.15, 0.2) is 0 Å². The van der Waals surface area contributed by atoms with Crippen LogP contribution in [0.1, 0.15) is 30.4 Å². The molecule has 0 radical (unpaired) electrons. The normalized spacial score (nSPS) is 12.6. The van der Waals surface area contributed by atoms with E-state index in [4.69, 9.17) is 5.73 Å². The molecule has 0 aliphatic carbocycles. The molecule has 120 valence electrons. The molecule has 0 saturated heterocycles. The largest absolute Gasteiger partial charge is 0.389 e. The highest BCUT2D eigenvalue weighted by atomic mass is 32.2. The number of aryl methyl sites for hydroxylation is 1. The predicted octanol–water partition coefficient (Wildman–Crippen LogP) is 2.46. The van der Waals surface area contributed by atoms with Crippen molar-refractivity contribution in [3.63, 3.8) is 0 Å². The van der Waals surface area contributed by atoms with E-state index in [2.05, 4.69) is 4.72 Å². The van der Waals surface area contributed by atoms with Crippen LogP contribution in [0.25, 0.3) is 0 Å². The number of rotatable bonds is 7. The number of nitrogens with one attached hydrogen (secondary N) is 1. The molecular weight excluding hydrogens is 305 g/mol. The molecule has 0 aliphatic rings. The lowest BCUT2D eigenvalue weighted by Crippen LogP contribution is -2.26. The number of hydrogen-bond donors (Lipinski definition) is 2. The van der Waals surface area contributed by atoms with Crippen molar-refractivity contribution in [1.29, 1.82) is 0 Å². The van der Waals surface area contributed by atoms with Gasteiger partial charge in [-0.1, -0.05) is 12.1 Å². The first-order valence-corrected chi connectivity index (χ1v) is 8.00. The van der Waals surface area contributed by atoms with Crippen LogP contribution in [0.5, 0.6) is 0 Å². The summed E-state index contributed by atoms with van der Waals surface area (Å²) in [4.78, 5) is 0.112. The number of hydrogen-bond acceptors (Lipinski definition) is 3. The van der Waals surface area contributed by atoms with Crippen molar-refractivity contribution in [3.8, 4) is 0 Å². The number of benzene rings is 1. The Morgan fingerprint density at radius 2 is 1.90 bits per heavy atom. The summed E-state index contributed by atoms with van der Waals surface area (Å²) in [6, 6.07) is 4.87. The molecule has 1 aromatic rings. The SMILES string of the molecule is Cc1ccc(CN)cc1S(=O)(=O)NCCCCC(F)(F)F. The van der Waals surface area contributed by atoms with Crippen molar-refractivity contribution in [3.05, 3.63) is 29.3 Å². The Bertz CT molecular complexity index is 571. The monoisotopic (exact) mass is 324 g/mol. The third-order valence-corrected chi connectivity index (χ3v) is 4.56. The van der Waals surface area contributed by atoms with Crippen LogP contribution in [-0.2, 0) is 16.6 Å². The van der Waals surface area contributed by atoms with Gasteiger partial charge in [0.2, 0.25) is 10.0 Å². The summed E-state index contributed by atoms with van der Waals surface area (Å²) in [6.45, 7) is 1.84. The molecule has 0 atom stereocenters. The Labute approximate surface area is 122 Å². The smallest absolute Gasteiger partial charge is 0.326 e. The Hall–Kier alpha value is -1.12. The van der Waals surface area contributed by atoms with Gasteiger partial charge >= 0.3 is 6.18 Å². The Morgan fingerprint density at radius 3 is 2.48 bits per heavy atom. The molecule has 0 saturated carbocycles. The summed E-state index contributed by atoms with van der Waals surface area (Å²) >= 11 is 0. The van der Waals surface area contributed by atoms with Crippen molar-refractivity contribution in [2.45, 2.75) is 43.8 Å². The Kier molecular flexibility index (Phi) is 6.18. The van der Waals surface area contributed by atoms with E-state index in [1.807, 2.05) is 0 Å². The van der Waals surface area contributed by atoms with Crippen LogP contribution < -0.4 is 10.5 Å². The minimum absolute atomic E-state index is 0.0231. The zero-order chi connectivity index (χ0) is 16.1. The maximum absolute atomic E-state index is 12.1. The first kappa shape index (κ1) is 17.9. The fraction of sp³-hybridized carbons (Fsp3) is 0.538. The number of sulfonamides is 1. The summed E-state index contributed by atoms with van der Waals surface area (Å²) in [6.07, 6.45) is -5.08. The van der Waals surface area contributed by atoms with Crippen LogP contribution in [0.3, 0.4) is 0 Å². The van der Waals surface area contributed by atoms with E-state index >= 15 is 0 Å². The van der Waals surface area contributed by atoms with Crippen molar-refractivity contribution in [1.82, 2.24) is 4.72 Å². The van der Waals surface area contributed by atoms with Crippen LogP contribution >= 0.6 is 0 Å². The average molecular weight is 324 g/mol. The second kappa shape index (κ2) is 7.24. The molecule has 0 aromatic heterocycles. The van der Waals surface area contributed by atoms with Gasteiger partial charge in [0.25, 0.3) is 0 Å². The van der Waals surface area contributed by atoms with Gasteiger partial charge in [0.1, 0.15) is 0 Å². The van der Waals surface area contributed by atoms with Gasteiger partial charge in [-0.25, -0.2) is 13.1 Å². The fourth-order valence-corrected chi connectivity index (χ4v) is 3.16. The zero-order valence-corrected chi connectivity index (χ0v) is 12.5. The van der Waals surface area contributed by atoms with Gasteiger partial charge in [0.05, 0.1) is 4.90 Å². The lowest BCUT2D eigenvalue weighted by molar-refractivity contribution is -0.135. The van der Waals surface area contributed by atoms with Gasteiger partial charge in [-0.2, -0.15) is 13.2 Å². The van der Waals surface area contributed by atoms with E-state index in [0.717, 1.165) is 0 Å². The lowest BCUT2D eigenvalue weighted by Gasteiger charge is -2.11. The van der Waals surface area contributed by atoms with E-state index < -0.39 is 22.6 Å². The fourth-order valence-electron chi connectivity index (χ4n) is 1.80. The van der Waals surface area contributed by atoms with Crippen molar-refractivity contribution in [2.75, 3.05) is 6.54 Å². The average Bonchev–Trinajstić information content (AvgIpc) is 2.37. The van der Waals surface area contributed by atoms with Crippen LogP contribution in [0, 0.1) is 6.92 Å². The van der Waals surface area contributed by atoms with Crippen LogP contribution in [0.2, 0.25) is 0 Å². The first-order chi connectivity index (χ1) is 9.65. The van der Waals surface area contributed by atoms with Crippen LogP contribution in [0.4, 0.5) is 13.2 Å². The van der Waals surface area contributed by atoms with Crippen molar-refractivity contribution < 1.29 is 21.6 Å². The first-order valence-electron chi connectivity index (χ1n) is 6.52. The van der Waals surface area contributed by atoms with Gasteiger partial charge in [0, 0.05) is 19.5 Å². The summed E-state index contributed by atoms with van der Waals surface area (Å²) in [5.41, 5.74) is 6.71. The summed E-state index contributed by atoms with van der Waals surface area (Å²) in [5, 5.41) is 0. The van der Waals surface area contributed by atoms with E-state index in [1.165, 1.54) is 6.07 Å². The molecule has 4 nitrogen and oxygen atoms in total. The maximum atomic E-state index is 12.1. The van der Waals surface area contributed by atoms with Gasteiger partial charge < -0.3 is 5.73 Å². The highest BCUT2D eigenvalue weighted by Gasteiger charge is 2.26. The minimum atomic E-state index is -4.20. The van der Waals surface area contributed by atoms with E-state index in [9.17, 15) is 21.6 Å². The molecule has 0 fully saturated rings. The number of nitrogens with two attached hydrogens (primary N) is 1. The topological polar surface area (TPSA) is 72.2 Å². The predicted molar refractivity (Wildman–Crippen MR) is 74.2 cm³/mol. The molecule has 0 aliphatic heterocycles. The van der Waals surface area contributed by atoms with Crippen molar-refractivity contribution in [2.24, 2.45) is 5.73 Å². The molecule has 0 unspecified atom stereocenters. The molecular formula is C13H19F3N2O2S. The molecule has 1 rings (SSSR count). The van der Waals surface area contributed by atoms with E-state index in [-0.39, 0.29) is 30.8 Å². The third-order valence-electron chi connectivity index (χ3n) is 2.96. The Morgan fingerprint density at radius 1 is 1.24 bits per heavy atom. The van der Waals surface area contributed by atoms with Crippen LogP contribution in [-0.4, -0.2) is 21.1 Å². The third kappa shape index (κ3) is 6.03. The minimum Gasteiger partial charge on any atom is -0.326 e. The van der Waals surface area contributed by atoms with E-state index in [0.29, 0.717) is 11.1 Å². The number of alkyl halides is 3. The van der Waals surface area contributed by atoms with Crippen molar-refractivity contribution >= 4 is 10.0 Å². The van der Waals surface area contributed by atoms with Crippen LogP contribution in [0.15, 0.2) is 23.1 Å². The second-order valence-electron chi connectivity index (χ2n) is 4.77. The summed E-state index contributed by atoms with van der Waals surface area (Å²) in [5.74, 6) is 0. The second-order valence-corrected chi connectivity index (χ2v) is 6.51. The van der Waals surface area contributed by atoms with Gasteiger partial charge in [-0.05, 0) is 37.0 Å². The highest BCUT2D eigenvalue weighted by molar-refractivity contribution is 7.89. The quantitative estimate of drug-likeness (QED) is 0.757. The van der Waals surface area contributed by atoms with Gasteiger partial charge in [-0.3, -0.25) is 0 Å². The molecule has 3 N–H and O–H groups in total. The van der Waals surface area contributed by atoms with E-state index in [1.54, 1.807) is 19.1 Å².